The van der Waals surface area contributed by atoms with E-state index in [-0.39, 0.29) is 0 Å². The predicted octanol–water partition coefficient (Wildman–Crippen LogP) is 0.940. The molecule has 0 aliphatic carbocycles. The van der Waals surface area contributed by atoms with Gasteiger partial charge < -0.3 is 5.32 Å². The van der Waals surface area contributed by atoms with Crippen molar-refractivity contribution in [1.29, 1.82) is 0 Å². The fourth-order valence-corrected chi connectivity index (χ4v) is 0.742. The molecule has 0 amide bonds. The smallest absolute Gasteiger partial charge is 0.217 e. The van der Waals surface area contributed by atoms with Gasteiger partial charge in [-0.1, -0.05) is 6.07 Å². The second-order valence-electron chi connectivity index (χ2n) is 1.98. The highest BCUT2D eigenvalue weighted by atomic mass is 19.1. The molecule has 1 rings (SSSR count). The van der Waals surface area contributed by atoms with Gasteiger partial charge in [-0.2, -0.15) is 4.39 Å². The van der Waals surface area contributed by atoms with E-state index in [0.29, 0.717) is 12.1 Å². The lowest BCUT2D eigenvalue weighted by Crippen LogP contribution is -2.07. The number of aromatic nitrogens is 1. The number of hydrogen-bond donors (Lipinski definition) is 1. The van der Waals surface area contributed by atoms with E-state index < -0.39 is 5.95 Å². The van der Waals surface area contributed by atoms with E-state index >= 15 is 0 Å². The lowest BCUT2D eigenvalue weighted by atomic mass is 10.3. The fourth-order valence-electron chi connectivity index (χ4n) is 0.742. The summed E-state index contributed by atoms with van der Waals surface area (Å²) >= 11 is 0. The third-order valence-corrected chi connectivity index (χ3v) is 1.20. The molecule has 0 bridgehead atoms. The summed E-state index contributed by atoms with van der Waals surface area (Å²) in [6.45, 7) is 0.527. The molecule has 3 heteroatoms. The van der Waals surface area contributed by atoms with Crippen LogP contribution in [0.3, 0.4) is 0 Å². The molecule has 0 unspecified atom stereocenters. The maximum Gasteiger partial charge on any atom is 0.217 e. The molecule has 54 valence electrons. The molecule has 0 atom stereocenters. The van der Waals surface area contributed by atoms with Crippen LogP contribution in [-0.2, 0) is 6.54 Å². The molecule has 0 aliphatic heterocycles. The van der Waals surface area contributed by atoms with Crippen molar-refractivity contribution in [2.24, 2.45) is 0 Å². The summed E-state index contributed by atoms with van der Waals surface area (Å²) in [6, 6.07) is 3.43. The van der Waals surface area contributed by atoms with E-state index in [1.807, 2.05) is 0 Å². The molecule has 0 aliphatic rings. The van der Waals surface area contributed by atoms with Crippen molar-refractivity contribution in [1.82, 2.24) is 10.3 Å². The number of nitrogens with zero attached hydrogens (tertiary/aromatic N) is 1. The molecular formula is C7H9FN2. The Hall–Kier alpha value is -0.960. The van der Waals surface area contributed by atoms with Crippen molar-refractivity contribution in [2.75, 3.05) is 7.05 Å². The summed E-state index contributed by atoms with van der Waals surface area (Å²) < 4.78 is 12.6. The quantitative estimate of drug-likeness (QED) is 0.618. The van der Waals surface area contributed by atoms with Crippen LogP contribution in [0, 0.1) is 5.95 Å². The summed E-state index contributed by atoms with van der Waals surface area (Å²) in [4.78, 5) is 3.49. The largest absolute Gasteiger partial charge is 0.316 e. The molecule has 0 spiro atoms. The van der Waals surface area contributed by atoms with Crippen molar-refractivity contribution in [2.45, 2.75) is 6.54 Å². The summed E-state index contributed by atoms with van der Waals surface area (Å²) in [6.07, 6.45) is 1.44. The number of rotatable bonds is 2. The first-order valence-corrected chi connectivity index (χ1v) is 3.08. The molecule has 1 heterocycles. The van der Waals surface area contributed by atoms with Gasteiger partial charge in [-0.25, -0.2) is 4.98 Å². The fraction of sp³-hybridized carbons (Fsp3) is 0.286. The van der Waals surface area contributed by atoms with Crippen LogP contribution in [0.1, 0.15) is 5.56 Å². The van der Waals surface area contributed by atoms with Crippen molar-refractivity contribution in [3.8, 4) is 0 Å². The molecule has 1 aromatic heterocycles. The summed E-state index contributed by atoms with van der Waals surface area (Å²) in [5, 5.41) is 2.84. The molecular weight excluding hydrogens is 131 g/mol. The van der Waals surface area contributed by atoms with Gasteiger partial charge in [0.1, 0.15) is 0 Å². The molecule has 0 saturated heterocycles. The minimum atomic E-state index is -0.392. The van der Waals surface area contributed by atoms with E-state index in [4.69, 9.17) is 0 Å². The van der Waals surface area contributed by atoms with Gasteiger partial charge in [0.05, 0.1) is 0 Å². The molecule has 0 radical (unpaired) electrons. The Balaban J connectivity index is 2.81. The van der Waals surface area contributed by atoms with Crippen LogP contribution in [0.2, 0.25) is 0 Å². The van der Waals surface area contributed by atoms with Crippen LogP contribution >= 0.6 is 0 Å². The molecule has 0 fully saturated rings. The monoisotopic (exact) mass is 140 g/mol. The lowest BCUT2D eigenvalue weighted by molar-refractivity contribution is 0.559. The minimum Gasteiger partial charge on any atom is -0.316 e. The van der Waals surface area contributed by atoms with Gasteiger partial charge in [0.25, 0.3) is 0 Å². The van der Waals surface area contributed by atoms with Gasteiger partial charge in [0, 0.05) is 18.3 Å². The first kappa shape index (κ1) is 7.15. The second kappa shape index (κ2) is 3.27. The van der Waals surface area contributed by atoms with Crippen LogP contribution in [-0.4, -0.2) is 12.0 Å². The van der Waals surface area contributed by atoms with Crippen molar-refractivity contribution < 1.29 is 4.39 Å². The SMILES string of the molecule is CNCc1cccnc1F. The first-order chi connectivity index (χ1) is 4.84. The molecule has 2 nitrogen and oxygen atoms in total. The lowest BCUT2D eigenvalue weighted by Gasteiger charge is -1.98. The Morgan fingerprint density at radius 1 is 1.70 bits per heavy atom. The Morgan fingerprint density at radius 2 is 2.50 bits per heavy atom. The molecule has 1 aromatic rings. The van der Waals surface area contributed by atoms with Crippen LogP contribution in [0.4, 0.5) is 4.39 Å². The number of nitrogens with one attached hydrogen (secondary N) is 1. The van der Waals surface area contributed by atoms with Gasteiger partial charge in [-0.15, -0.1) is 0 Å². The highest BCUT2D eigenvalue weighted by Gasteiger charge is 1.97. The zero-order valence-electron chi connectivity index (χ0n) is 5.76. The highest BCUT2D eigenvalue weighted by molar-refractivity contribution is 5.09. The Labute approximate surface area is 59.1 Å². The predicted molar refractivity (Wildman–Crippen MR) is 37.0 cm³/mol. The molecule has 0 saturated carbocycles. The van der Waals surface area contributed by atoms with Crippen LogP contribution < -0.4 is 5.32 Å². The van der Waals surface area contributed by atoms with Crippen molar-refractivity contribution in [3.63, 3.8) is 0 Å². The Bertz CT molecular complexity index is 213. The summed E-state index contributed by atoms with van der Waals surface area (Å²) in [5.74, 6) is -0.392. The third kappa shape index (κ3) is 1.51. The number of halogens is 1. The minimum absolute atomic E-state index is 0.392. The van der Waals surface area contributed by atoms with Gasteiger partial charge in [0.15, 0.2) is 0 Å². The molecule has 1 N–H and O–H groups in total. The Morgan fingerprint density at radius 3 is 3.10 bits per heavy atom. The van der Waals surface area contributed by atoms with Gasteiger partial charge in [-0.3, -0.25) is 0 Å². The summed E-state index contributed by atoms with van der Waals surface area (Å²) in [7, 11) is 1.77. The molecule has 10 heavy (non-hydrogen) atoms. The third-order valence-electron chi connectivity index (χ3n) is 1.20. The van der Waals surface area contributed by atoms with Gasteiger partial charge >= 0.3 is 0 Å². The maximum atomic E-state index is 12.6. The van der Waals surface area contributed by atoms with Crippen molar-refractivity contribution >= 4 is 0 Å². The average molecular weight is 140 g/mol. The maximum absolute atomic E-state index is 12.6. The Kier molecular flexibility index (Phi) is 2.34. The molecule has 0 aromatic carbocycles. The van der Waals surface area contributed by atoms with Crippen molar-refractivity contribution in [3.05, 3.63) is 29.8 Å². The van der Waals surface area contributed by atoms with E-state index in [1.165, 1.54) is 6.20 Å². The zero-order chi connectivity index (χ0) is 7.40. The topological polar surface area (TPSA) is 24.9 Å². The van der Waals surface area contributed by atoms with Crippen LogP contribution in [0.15, 0.2) is 18.3 Å². The number of pyridine rings is 1. The van der Waals surface area contributed by atoms with E-state index in [1.54, 1.807) is 19.2 Å². The second-order valence-corrected chi connectivity index (χ2v) is 1.98. The summed E-state index contributed by atoms with van der Waals surface area (Å²) in [5.41, 5.74) is 0.602. The normalized spacial score (nSPS) is 9.80. The van der Waals surface area contributed by atoms with E-state index in [2.05, 4.69) is 10.3 Å². The standard InChI is InChI=1S/C7H9FN2/c1-9-5-6-3-2-4-10-7(6)8/h2-4,9H,5H2,1H3. The van der Waals surface area contributed by atoms with Gasteiger partial charge in [-0.05, 0) is 13.1 Å². The number of hydrogen-bond acceptors (Lipinski definition) is 2. The van der Waals surface area contributed by atoms with Crippen LogP contribution in [0.5, 0.6) is 0 Å². The van der Waals surface area contributed by atoms with E-state index in [0.717, 1.165) is 0 Å². The van der Waals surface area contributed by atoms with Gasteiger partial charge in [0.2, 0.25) is 5.95 Å². The first-order valence-electron chi connectivity index (χ1n) is 3.08. The highest BCUT2D eigenvalue weighted by Crippen LogP contribution is 2.00. The average Bonchev–Trinajstić information content (AvgIpc) is 1.94. The zero-order valence-corrected chi connectivity index (χ0v) is 5.76. The van der Waals surface area contributed by atoms with E-state index in [9.17, 15) is 4.39 Å². The van der Waals surface area contributed by atoms with Crippen LogP contribution in [0.25, 0.3) is 0 Å².